The van der Waals surface area contributed by atoms with Gasteiger partial charge in [0, 0.05) is 5.56 Å². The molecule has 0 unspecified atom stereocenters. The zero-order chi connectivity index (χ0) is 17.1. The predicted molar refractivity (Wildman–Crippen MR) is 101 cm³/mol. The quantitative estimate of drug-likeness (QED) is 0.325. The number of carbonyl (C=O) groups is 1. The molecule has 0 aliphatic rings. The molecular formula is C16H22Br2O3Si. The fourth-order valence-electron chi connectivity index (χ4n) is 1.52. The molecule has 0 atom stereocenters. The number of methoxy groups -OCH3 is 1. The van der Waals surface area contributed by atoms with Crippen LogP contribution in [0.4, 0.5) is 0 Å². The summed E-state index contributed by atoms with van der Waals surface area (Å²) >= 11 is 6.91. The molecule has 1 aromatic rings. The van der Waals surface area contributed by atoms with E-state index < -0.39 is 8.32 Å². The van der Waals surface area contributed by atoms with Crippen LogP contribution in [0, 0.1) is 0 Å². The van der Waals surface area contributed by atoms with Gasteiger partial charge in [-0.05, 0) is 62.1 Å². The van der Waals surface area contributed by atoms with Gasteiger partial charge in [0.25, 0.3) is 8.32 Å². The lowest BCUT2D eigenvalue weighted by Crippen LogP contribution is -2.40. The Balaban J connectivity index is 3.25. The third-order valence-electron chi connectivity index (χ3n) is 3.88. The molecule has 22 heavy (non-hydrogen) atoms. The monoisotopic (exact) mass is 448 g/mol. The van der Waals surface area contributed by atoms with Crippen LogP contribution < -0.4 is 0 Å². The lowest BCUT2D eigenvalue weighted by atomic mass is 10.1. The minimum Gasteiger partial charge on any atom is -0.542 e. The van der Waals surface area contributed by atoms with Crippen molar-refractivity contribution in [3.63, 3.8) is 0 Å². The Bertz CT molecular complexity index is 585. The molecule has 0 spiro atoms. The van der Waals surface area contributed by atoms with Crippen LogP contribution >= 0.6 is 31.9 Å². The first-order valence-corrected chi connectivity index (χ1v) is 11.4. The Labute approximate surface area is 150 Å². The molecule has 1 rings (SSSR count). The number of esters is 1. The van der Waals surface area contributed by atoms with E-state index in [0.29, 0.717) is 11.3 Å². The van der Waals surface area contributed by atoms with Gasteiger partial charge in [-0.25, -0.2) is 4.79 Å². The molecule has 0 heterocycles. The van der Waals surface area contributed by atoms with Crippen LogP contribution in [0.2, 0.25) is 18.1 Å². The smallest absolute Gasteiger partial charge is 0.337 e. The van der Waals surface area contributed by atoms with Crippen molar-refractivity contribution in [3.8, 4) is 0 Å². The highest BCUT2D eigenvalue weighted by Crippen LogP contribution is 2.41. The topological polar surface area (TPSA) is 35.5 Å². The first kappa shape index (κ1) is 19.5. The highest BCUT2D eigenvalue weighted by Gasteiger charge is 2.40. The van der Waals surface area contributed by atoms with E-state index in [1.165, 1.54) is 7.11 Å². The third kappa shape index (κ3) is 4.70. The molecule has 0 aliphatic heterocycles. The average Bonchev–Trinajstić information content (AvgIpc) is 2.42. The van der Waals surface area contributed by atoms with Gasteiger partial charge in [0.05, 0.1) is 12.7 Å². The van der Waals surface area contributed by atoms with Crippen LogP contribution in [0.1, 0.15) is 36.7 Å². The van der Waals surface area contributed by atoms with Crippen molar-refractivity contribution in [2.45, 2.75) is 38.9 Å². The molecule has 0 radical (unpaired) electrons. The molecule has 122 valence electrons. The standard InChI is InChI=1S/C16H22Br2O3Si/c1-16(2,3)22(5,6)21-13(14(17)18)11-8-7-9-12(10-11)15(19)20-4/h7-10H,1-6H3. The summed E-state index contributed by atoms with van der Waals surface area (Å²) in [6, 6.07) is 7.23. The first-order chi connectivity index (χ1) is 9.99. The van der Waals surface area contributed by atoms with Gasteiger partial charge in [0.15, 0.2) is 0 Å². The second-order valence-electron chi connectivity index (χ2n) is 6.52. The number of hydrogen-bond donors (Lipinski definition) is 0. The Hall–Kier alpha value is -0.593. The SMILES string of the molecule is COC(=O)c1cccc(C(O[Si](C)(C)C(C)(C)C)=C(Br)Br)c1. The van der Waals surface area contributed by atoms with E-state index in [1.807, 2.05) is 12.1 Å². The largest absolute Gasteiger partial charge is 0.542 e. The fraction of sp³-hybridized carbons (Fsp3) is 0.438. The van der Waals surface area contributed by atoms with Gasteiger partial charge >= 0.3 is 5.97 Å². The van der Waals surface area contributed by atoms with Crippen LogP contribution in [0.3, 0.4) is 0 Å². The van der Waals surface area contributed by atoms with Crippen LogP contribution in [0.5, 0.6) is 0 Å². The van der Waals surface area contributed by atoms with E-state index in [-0.39, 0.29) is 11.0 Å². The summed E-state index contributed by atoms with van der Waals surface area (Å²) in [5.74, 6) is 0.344. The van der Waals surface area contributed by atoms with Crippen molar-refractivity contribution in [3.05, 3.63) is 38.8 Å². The summed E-state index contributed by atoms with van der Waals surface area (Å²) in [7, 11) is -0.627. The van der Waals surface area contributed by atoms with Crippen LogP contribution in [0.15, 0.2) is 27.7 Å². The van der Waals surface area contributed by atoms with Crippen molar-refractivity contribution >= 4 is 51.9 Å². The summed E-state index contributed by atoms with van der Waals surface area (Å²) < 4.78 is 11.9. The second kappa shape index (κ2) is 7.32. The maximum Gasteiger partial charge on any atom is 0.337 e. The molecule has 0 saturated heterocycles. The number of benzene rings is 1. The lowest BCUT2D eigenvalue weighted by molar-refractivity contribution is 0.0600. The molecule has 0 aromatic heterocycles. The molecule has 0 saturated carbocycles. The summed E-state index contributed by atoms with van der Waals surface area (Å²) in [6.07, 6.45) is 0. The number of carbonyl (C=O) groups excluding carboxylic acids is 1. The summed E-state index contributed by atoms with van der Waals surface area (Å²) in [5, 5.41) is 0.0770. The molecule has 1 aromatic carbocycles. The van der Waals surface area contributed by atoms with Crippen molar-refractivity contribution in [2.24, 2.45) is 0 Å². The van der Waals surface area contributed by atoms with E-state index in [4.69, 9.17) is 9.16 Å². The fourth-order valence-corrected chi connectivity index (χ4v) is 3.48. The Morgan fingerprint density at radius 1 is 1.14 bits per heavy atom. The second-order valence-corrected chi connectivity index (χ2v) is 13.9. The lowest BCUT2D eigenvalue weighted by Gasteiger charge is -2.37. The van der Waals surface area contributed by atoms with Gasteiger partial charge in [0.2, 0.25) is 0 Å². The minimum absolute atomic E-state index is 0.0770. The molecule has 0 amide bonds. The maximum absolute atomic E-state index is 11.7. The third-order valence-corrected chi connectivity index (χ3v) is 8.93. The Morgan fingerprint density at radius 3 is 2.14 bits per heavy atom. The number of ether oxygens (including phenoxy) is 1. The van der Waals surface area contributed by atoms with E-state index >= 15 is 0 Å². The van der Waals surface area contributed by atoms with Crippen molar-refractivity contribution < 1.29 is 14.0 Å². The van der Waals surface area contributed by atoms with Gasteiger partial charge in [0.1, 0.15) is 9.15 Å². The number of rotatable bonds is 4. The Morgan fingerprint density at radius 2 is 1.68 bits per heavy atom. The normalized spacial score (nSPS) is 11.8. The zero-order valence-corrected chi connectivity index (χ0v) is 18.0. The zero-order valence-electron chi connectivity index (χ0n) is 13.8. The summed E-state index contributed by atoms with van der Waals surface area (Å²) in [5.41, 5.74) is 1.33. The van der Waals surface area contributed by atoms with Crippen molar-refractivity contribution in [1.29, 1.82) is 0 Å². The summed E-state index contributed by atoms with van der Waals surface area (Å²) in [4.78, 5) is 11.7. The van der Waals surface area contributed by atoms with E-state index in [0.717, 1.165) is 8.96 Å². The summed E-state index contributed by atoms with van der Waals surface area (Å²) in [6.45, 7) is 10.9. The number of halogens is 2. The van der Waals surface area contributed by atoms with Crippen LogP contribution in [0.25, 0.3) is 5.76 Å². The van der Waals surface area contributed by atoms with Gasteiger partial charge in [-0.15, -0.1) is 0 Å². The molecule has 0 N–H and O–H groups in total. The predicted octanol–water partition coefficient (Wildman–Crippen LogP) is 5.91. The molecular weight excluding hydrogens is 428 g/mol. The van der Waals surface area contributed by atoms with Gasteiger partial charge < -0.3 is 9.16 Å². The minimum atomic E-state index is -2.00. The highest BCUT2D eigenvalue weighted by atomic mass is 79.9. The molecule has 0 bridgehead atoms. The first-order valence-electron chi connectivity index (χ1n) is 6.92. The van der Waals surface area contributed by atoms with Gasteiger partial charge in [-0.2, -0.15) is 0 Å². The van der Waals surface area contributed by atoms with Crippen LogP contribution in [-0.4, -0.2) is 21.4 Å². The van der Waals surface area contributed by atoms with Gasteiger partial charge in [-0.1, -0.05) is 32.9 Å². The van der Waals surface area contributed by atoms with Gasteiger partial charge in [-0.3, -0.25) is 0 Å². The van der Waals surface area contributed by atoms with Crippen LogP contribution in [-0.2, 0) is 9.16 Å². The molecule has 0 fully saturated rings. The average molecular weight is 450 g/mol. The number of hydrogen-bond acceptors (Lipinski definition) is 3. The maximum atomic E-state index is 11.7. The van der Waals surface area contributed by atoms with E-state index in [2.05, 4.69) is 65.7 Å². The molecule has 3 nitrogen and oxygen atoms in total. The highest BCUT2D eigenvalue weighted by molar-refractivity contribution is 9.28. The molecule has 6 heteroatoms. The Kier molecular flexibility index (Phi) is 6.47. The van der Waals surface area contributed by atoms with E-state index in [9.17, 15) is 4.79 Å². The van der Waals surface area contributed by atoms with Crippen molar-refractivity contribution in [1.82, 2.24) is 0 Å². The van der Waals surface area contributed by atoms with Crippen molar-refractivity contribution in [2.75, 3.05) is 7.11 Å². The van der Waals surface area contributed by atoms with E-state index in [1.54, 1.807) is 12.1 Å². The molecule has 0 aliphatic carbocycles.